The van der Waals surface area contributed by atoms with Gasteiger partial charge in [-0.25, -0.2) is 4.98 Å². The lowest BCUT2D eigenvalue weighted by atomic mass is 10.0. The third-order valence-electron chi connectivity index (χ3n) is 6.36. The van der Waals surface area contributed by atoms with Crippen LogP contribution in [0.25, 0.3) is 6.08 Å². The number of anilines is 2. The van der Waals surface area contributed by atoms with Crippen LogP contribution in [0.3, 0.4) is 0 Å². The minimum absolute atomic E-state index is 0.0831. The molecule has 1 aromatic carbocycles. The standard InChI is InChI=1S/C25H32N4O2S/c1-19(30)29(23-9-3-2-4-10-23)25-27-22(18-32-25)11-12-24(31)26-21-13-15-28(16-14-21)17-20-7-5-6-8-20/h2-4,9-12,18,20-21H,5-8,13-17H2,1H3,(H,26,31)/b12-11+. The molecule has 170 valence electrons. The van der Waals surface area contributed by atoms with E-state index in [-0.39, 0.29) is 17.9 Å². The number of rotatable bonds is 7. The van der Waals surface area contributed by atoms with Crippen molar-refractivity contribution in [3.05, 3.63) is 47.5 Å². The zero-order valence-corrected chi connectivity index (χ0v) is 19.5. The van der Waals surface area contributed by atoms with E-state index in [9.17, 15) is 9.59 Å². The molecule has 6 nitrogen and oxygen atoms in total. The van der Waals surface area contributed by atoms with E-state index >= 15 is 0 Å². The van der Waals surface area contributed by atoms with E-state index in [1.54, 1.807) is 17.1 Å². The molecule has 1 saturated heterocycles. The zero-order chi connectivity index (χ0) is 22.3. The van der Waals surface area contributed by atoms with Crippen LogP contribution in [0.15, 0.2) is 41.8 Å². The fourth-order valence-electron chi connectivity index (χ4n) is 4.69. The van der Waals surface area contributed by atoms with Gasteiger partial charge in [-0.05, 0) is 49.8 Å². The lowest BCUT2D eigenvalue weighted by molar-refractivity contribution is -0.117. The molecule has 0 unspecified atom stereocenters. The first-order valence-electron chi connectivity index (χ1n) is 11.6. The second-order valence-electron chi connectivity index (χ2n) is 8.81. The molecular weight excluding hydrogens is 420 g/mol. The molecule has 0 spiro atoms. The van der Waals surface area contributed by atoms with Crippen LogP contribution in [-0.4, -0.2) is 47.4 Å². The van der Waals surface area contributed by atoms with Gasteiger partial charge in [0.25, 0.3) is 0 Å². The van der Waals surface area contributed by atoms with Crippen LogP contribution in [-0.2, 0) is 9.59 Å². The number of amides is 2. The minimum Gasteiger partial charge on any atom is -0.350 e. The van der Waals surface area contributed by atoms with Gasteiger partial charge in [0.05, 0.1) is 11.4 Å². The smallest absolute Gasteiger partial charge is 0.244 e. The maximum atomic E-state index is 12.4. The number of aromatic nitrogens is 1. The minimum atomic E-state index is -0.0990. The summed E-state index contributed by atoms with van der Waals surface area (Å²) >= 11 is 1.39. The van der Waals surface area contributed by atoms with E-state index in [2.05, 4.69) is 15.2 Å². The van der Waals surface area contributed by atoms with Crippen molar-refractivity contribution in [2.45, 2.75) is 51.5 Å². The number of piperidine rings is 1. The molecule has 1 N–H and O–H groups in total. The van der Waals surface area contributed by atoms with Crippen LogP contribution in [0.2, 0.25) is 0 Å². The fourth-order valence-corrected chi connectivity index (χ4v) is 5.54. The van der Waals surface area contributed by atoms with Crippen LogP contribution < -0.4 is 10.2 Å². The molecule has 0 atom stereocenters. The molecule has 1 aromatic heterocycles. The predicted molar refractivity (Wildman–Crippen MR) is 130 cm³/mol. The molecule has 1 aliphatic heterocycles. The SMILES string of the molecule is CC(=O)N(c1ccccc1)c1nc(/C=C/C(=O)NC2CCN(CC3CCCC3)CC2)cs1. The Bertz CT molecular complexity index is 928. The largest absolute Gasteiger partial charge is 0.350 e. The van der Waals surface area contributed by atoms with Crippen LogP contribution in [0, 0.1) is 5.92 Å². The number of carbonyl (C=O) groups is 2. The molecule has 1 saturated carbocycles. The van der Waals surface area contributed by atoms with Gasteiger partial charge < -0.3 is 10.2 Å². The predicted octanol–water partition coefficient (Wildman–Crippen LogP) is 4.61. The Kier molecular flexibility index (Phi) is 7.71. The molecule has 2 aliphatic rings. The van der Waals surface area contributed by atoms with Crippen molar-refractivity contribution in [1.29, 1.82) is 0 Å². The third kappa shape index (κ3) is 6.04. The Labute approximate surface area is 194 Å². The highest BCUT2D eigenvalue weighted by molar-refractivity contribution is 7.14. The molecule has 2 fully saturated rings. The quantitative estimate of drug-likeness (QED) is 0.623. The molecule has 1 aliphatic carbocycles. The molecule has 4 rings (SSSR count). The Morgan fingerprint density at radius 2 is 1.88 bits per heavy atom. The number of nitrogens with one attached hydrogen (secondary N) is 1. The van der Waals surface area contributed by atoms with Crippen LogP contribution in [0.1, 0.15) is 51.1 Å². The highest BCUT2D eigenvalue weighted by atomic mass is 32.1. The molecular formula is C25H32N4O2S. The topological polar surface area (TPSA) is 65.5 Å². The van der Waals surface area contributed by atoms with E-state index < -0.39 is 0 Å². The molecule has 2 aromatic rings. The van der Waals surface area contributed by atoms with E-state index in [4.69, 9.17) is 0 Å². The van der Waals surface area contributed by atoms with Gasteiger partial charge in [0, 0.05) is 44.1 Å². The number of likely N-dealkylation sites (tertiary alicyclic amines) is 1. The maximum Gasteiger partial charge on any atom is 0.244 e. The highest BCUT2D eigenvalue weighted by Crippen LogP contribution is 2.29. The van der Waals surface area contributed by atoms with E-state index in [1.807, 2.05) is 35.7 Å². The summed E-state index contributed by atoms with van der Waals surface area (Å²) in [6.07, 6.45) is 10.8. The lowest BCUT2D eigenvalue weighted by Crippen LogP contribution is -2.45. The summed E-state index contributed by atoms with van der Waals surface area (Å²) in [4.78, 5) is 33.3. The van der Waals surface area contributed by atoms with Gasteiger partial charge in [0.1, 0.15) is 0 Å². The van der Waals surface area contributed by atoms with Gasteiger partial charge in [-0.15, -0.1) is 11.3 Å². The van der Waals surface area contributed by atoms with E-state index in [0.29, 0.717) is 10.8 Å². The number of thiazole rings is 1. The van der Waals surface area contributed by atoms with Crippen molar-refractivity contribution in [3.63, 3.8) is 0 Å². The summed E-state index contributed by atoms with van der Waals surface area (Å²) < 4.78 is 0. The highest BCUT2D eigenvalue weighted by Gasteiger charge is 2.24. The van der Waals surface area contributed by atoms with Gasteiger partial charge in [0.2, 0.25) is 11.8 Å². The number of carbonyl (C=O) groups excluding carboxylic acids is 2. The third-order valence-corrected chi connectivity index (χ3v) is 7.20. The Morgan fingerprint density at radius 3 is 2.56 bits per heavy atom. The second-order valence-corrected chi connectivity index (χ2v) is 9.65. The van der Waals surface area contributed by atoms with Gasteiger partial charge in [-0.2, -0.15) is 0 Å². The van der Waals surface area contributed by atoms with Crippen molar-refractivity contribution >= 4 is 40.0 Å². The summed E-state index contributed by atoms with van der Waals surface area (Å²) in [5.41, 5.74) is 1.45. The van der Waals surface area contributed by atoms with E-state index in [1.165, 1.54) is 50.5 Å². The summed E-state index contributed by atoms with van der Waals surface area (Å²) in [5, 5.41) is 5.59. The number of para-hydroxylation sites is 1. The Balaban J connectivity index is 1.27. The average Bonchev–Trinajstić information content (AvgIpc) is 3.47. The van der Waals surface area contributed by atoms with Gasteiger partial charge in [0.15, 0.2) is 5.13 Å². The summed E-state index contributed by atoms with van der Waals surface area (Å²) in [5.74, 6) is 0.700. The molecule has 0 radical (unpaired) electrons. The van der Waals surface area contributed by atoms with Crippen molar-refractivity contribution in [2.24, 2.45) is 5.92 Å². The van der Waals surface area contributed by atoms with Crippen LogP contribution >= 0.6 is 11.3 Å². The zero-order valence-electron chi connectivity index (χ0n) is 18.7. The fraction of sp³-hybridized carbons (Fsp3) is 0.480. The molecule has 2 amide bonds. The Morgan fingerprint density at radius 1 is 1.16 bits per heavy atom. The van der Waals surface area contributed by atoms with Crippen molar-refractivity contribution in [1.82, 2.24) is 15.2 Å². The lowest BCUT2D eigenvalue weighted by Gasteiger charge is -2.33. The molecule has 0 bridgehead atoms. The van der Waals surface area contributed by atoms with Gasteiger partial charge in [-0.3, -0.25) is 14.5 Å². The first-order chi connectivity index (χ1) is 15.6. The second kappa shape index (κ2) is 10.9. The average molecular weight is 453 g/mol. The first-order valence-corrected chi connectivity index (χ1v) is 12.5. The number of hydrogen-bond donors (Lipinski definition) is 1. The van der Waals surface area contributed by atoms with Gasteiger partial charge in [-0.1, -0.05) is 31.0 Å². The number of benzene rings is 1. The van der Waals surface area contributed by atoms with Crippen molar-refractivity contribution in [3.8, 4) is 0 Å². The van der Waals surface area contributed by atoms with Crippen LogP contribution in [0.5, 0.6) is 0 Å². The van der Waals surface area contributed by atoms with E-state index in [0.717, 1.165) is 37.5 Å². The first kappa shape index (κ1) is 22.7. The number of nitrogens with zero attached hydrogens (tertiary/aromatic N) is 3. The monoisotopic (exact) mass is 452 g/mol. The van der Waals surface area contributed by atoms with Crippen molar-refractivity contribution < 1.29 is 9.59 Å². The molecule has 32 heavy (non-hydrogen) atoms. The maximum absolute atomic E-state index is 12.4. The summed E-state index contributed by atoms with van der Waals surface area (Å²) in [6.45, 7) is 4.89. The number of hydrogen-bond acceptors (Lipinski definition) is 5. The molecule has 7 heteroatoms. The van der Waals surface area contributed by atoms with Crippen LogP contribution in [0.4, 0.5) is 10.8 Å². The Hall–Kier alpha value is -2.51. The molecule has 2 heterocycles. The summed E-state index contributed by atoms with van der Waals surface area (Å²) in [6, 6.07) is 9.70. The van der Waals surface area contributed by atoms with Crippen molar-refractivity contribution in [2.75, 3.05) is 24.5 Å². The van der Waals surface area contributed by atoms with Gasteiger partial charge >= 0.3 is 0 Å². The summed E-state index contributed by atoms with van der Waals surface area (Å²) in [7, 11) is 0. The normalized spacial score (nSPS) is 18.3.